The lowest BCUT2D eigenvalue weighted by Crippen LogP contribution is -2.14. The summed E-state index contributed by atoms with van der Waals surface area (Å²) in [4.78, 5) is 14.5. The lowest BCUT2D eigenvalue weighted by Gasteiger charge is -2.07. The standard InChI is InChI=1S/C13H11FN2O/c14-12-7-10(5-6-16-12)11-4-2-1-3-9(11)8-13(15)17/h1-7H,8H2,(H2,15,17). The van der Waals surface area contributed by atoms with Crippen LogP contribution >= 0.6 is 0 Å². The number of rotatable bonds is 3. The van der Waals surface area contributed by atoms with E-state index in [9.17, 15) is 9.18 Å². The van der Waals surface area contributed by atoms with E-state index in [2.05, 4.69) is 4.98 Å². The number of amides is 1. The van der Waals surface area contributed by atoms with Crippen LogP contribution in [0.2, 0.25) is 0 Å². The maximum atomic E-state index is 13.0. The Hall–Kier alpha value is -2.23. The molecule has 86 valence electrons. The van der Waals surface area contributed by atoms with Gasteiger partial charge in [0.1, 0.15) is 0 Å². The highest BCUT2D eigenvalue weighted by Crippen LogP contribution is 2.23. The third-order valence-corrected chi connectivity index (χ3v) is 2.42. The van der Waals surface area contributed by atoms with Crippen molar-refractivity contribution in [1.82, 2.24) is 4.98 Å². The van der Waals surface area contributed by atoms with Crippen molar-refractivity contribution < 1.29 is 9.18 Å². The normalized spacial score (nSPS) is 10.2. The topological polar surface area (TPSA) is 56.0 Å². The van der Waals surface area contributed by atoms with Crippen LogP contribution < -0.4 is 5.73 Å². The molecule has 0 radical (unpaired) electrons. The molecule has 0 aliphatic rings. The van der Waals surface area contributed by atoms with Crippen molar-refractivity contribution in [2.75, 3.05) is 0 Å². The van der Waals surface area contributed by atoms with Gasteiger partial charge in [-0.15, -0.1) is 0 Å². The van der Waals surface area contributed by atoms with Crippen LogP contribution in [0.5, 0.6) is 0 Å². The maximum Gasteiger partial charge on any atom is 0.221 e. The van der Waals surface area contributed by atoms with Gasteiger partial charge in [0.05, 0.1) is 6.42 Å². The number of aromatic nitrogens is 1. The summed E-state index contributed by atoms with van der Waals surface area (Å²) in [5, 5.41) is 0. The van der Waals surface area contributed by atoms with Gasteiger partial charge in [-0.1, -0.05) is 24.3 Å². The second-order valence-corrected chi connectivity index (χ2v) is 3.67. The average Bonchev–Trinajstić information content (AvgIpc) is 2.29. The van der Waals surface area contributed by atoms with E-state index in [1.54, 1.807) is 12.1 Å². The van der Waals surface area contributed by atoms with Crippen LogP contribution in [0.15, 0.2) is 42.6 Å². The first kappa shape index (κ1) is 11.3. The van der Waals surface area contributed by atoms with Gasteiger partial charge in [-0.25, -0.2) is 4.98 Å². The summed E-state index contributed by atoms with van der Waals surface area (Å²) in [7, 11) is 0. The Balaban J connectivity index is 2.47. The number of nitrogens with zero attached hydrogens (tertiary/aromatic N) is 1. The molecule has 0 atom stereocenters. The summed E-state index contributed by atoms with van der Waals surface area (Å²) < 4.78 is 13.0. The predicted molar refractivity (Wildman–Crippen MR) is 62.5 cm³/mol. The summed E-state index contributed by atoms with van der Waals surface area (Å²) >= 11 is 0. The van der Waals surface area contributed by atoms with Crippen molar-refractivity contribution >= 4 is 5.91 Å². The lowest BCUT2D eigenvalue weighted by atomic mass is 9.98. The van der Waals surface area contributed by atoms with Gasteiger partial charge in [0.15, 0.2) is 0 Å². The predicted octanol–water partition coefficient (Wildman–Crippen LogP) is 1.92. The quantitative estimate of drug-likeness (QED) is 0.819. The minimum absolute atomic E-state index is 0.139. The number of benzene rings is 1. The maximum absolute atomic E-state index is 13.0. The number of hydrogen-bond donors (Lipinski definition) is 1. The van der Waals surface area contributed by atoms with Crippen LogP contribution in [0.3, 0.4) is 0 Å². The van der Waals surface area contributed by atoms with Crippen molar-refractivity contribution in [2.24, 2.45) is 5.73 Å². The van der Waals surface area contributed by atoms with Crippen LogP contribution in [-0.2, 0) is 11.2 Å². The second-order valence-electron chi connectivity index (χ2n) is 3.67. The zero-order valence-corrected chi connectivity index (χ0v) is 9.06. The molecular weight excluding hydrogens is 219 g/mol. The van der Waals surface area contributed by atoms with Gasteiger partial charge < -0.3 is 5.73 Å². The van der Waals surface area contributed by atoms with E-state index in [1.807, 2.05) is 18.2 Å². The van der Waals surface area contributed by atoms with E-state index < -0.39 is 11.9 Å². The molecule has 0 saturated heterocycles. The number of primary amides is 1. The van der Waals surface area contributed by atoms with Crippen LogP contribution in [0.25, 0.3) is 11.1 Å². The number of nitrogens with two attached hydrogens (primary N) is 1. The molecule has 1 heterocycles. The van der Waals surface area contributed by atoms with E-state index in [0.29, 0.717) is 5.56 Å². The molecule has 2 N–H and O–H groups in total. The average molecular weight is 230 g/mol. The Morgan fingerprint density at radius 2 is 2.06 bits per heavy atom. The minimum atomic E-state index is -0.545. The molecule has 0 saturated carbocycles. The zero-order chi connectivity index (χ0) is 12.3. The van der Waals surface area contributed by atoms with E-state index in [1.165, 1.54) is 12.3 Å². The highest BCUT2D eigenvalue weighted by Gasteiger charge is 2.07. The third kappa shape index (κ3) is 2.66. The van der Waals surface area contributed by atoms with Crippen molar-refractivity contribution in [3.8, 4) is 11.1 Å². The van der Waals surface area contributed by atoms with Crippen LogP contribution in [0, 0.1) is 5.95 Å². The van der Waals surface area contributed by atoms with E-state index in [-0.39, 0.29) is 6.42 Å². The monoisotopic (exact) mass is 230 g/mol. The summed E-state index contributed by atoms with van der Waals surface area (Å²) in [5.41, 5.74) is 7.45. The van der Waals surface area contributed by atoms with Gasteiger partial charge in [0.2, 0.25) is 11.9 Å². The van der Waals surface area contributed by atoms with E-state index >= 15 is 0 Å². The lowest BCUT2D eigenvalue weighted by molar-refractivity contribution is -0.117. The number of pyridine rings is 1. The fourth-order valence-electron chi connectivity index (χ4n) is 1.71. The molecule has 0 aliphatic heterocycles. The molecule has 17 heavy (non-hydrogen) atoms. The zero-order valence-electron chi connectivity index (χ0n) is 9.06. The molecule has 2 aromatic rings. The summed E-state index contributed by atoms with van der Waals surface area (Å²) in [6, 6.07) is 10.3. The molecule has 0 spiro atoms. The van der Waals surface area contributed by atoms with Gasteiger partial charge in [0, 0.05) is 12.3 Å². The molecule has 1 aromatic carbocycles. The molecule has 0 aliphatic carbocycles. The second kappa shape index (κ2) is 4.74. The van der Waals surface area contributed by atoms with E-state index in [4.69, 9.17) is 5.73 Å². The smallest absolute Gasteiger partial charge is 0.221 e. The molecule has 2 rings (SSSR count). The first-order chi connectivity index (χ1) is 8.16. The van der Waals surface area contributed by atoms with Gasteiger partial charge >= 0.3 is 0 Å². The highest BCUT2D eigenvalue weighted by atomic mass is 19.1. The molecule has 1 aromatic heterocycles. The minimum Gasteiger partial charge on any atom is -0.369 e. The Kier molecular flexibility index (Phi) is 3.14. The molecule has 4 heteroatoms. The first-order valence-electron chi connectivity index (χ1n) is 5.15. The van der Waals surface area contributed by atoms with Gasteiger partial charge in [0.25, 0.3) is 0 Å². The molecule has 0 unspecified atom stereocenters. The Bertz CT molecular complexity index is 555. The van der Waals surface area contributed by atoms with Crippen molar-refractivity contribution in [3.05, 3.63) is 54.1 Å². The number of halogens is 1. The van der Waals surface area contributed by atoms with Gasteiger partial charge in [-0.2, -0.15) is 4.39 Å². The SMILES string of the molecule is NC(=O)Cc1ccccc1-c1ccnc(F)c1. The largest absolute Gasteiger partial charge is 0.369 e. The third-order valence-electron chi connectivity index (χ3n) is 2.42. The van der Waals surface area contributed by atoms with Crippen molar-refractivity contribution in [2.45, 2.75) is 6.42 Å². The Morgan fingerprint density at radius 3 is 2.76 bits per heavy atom. The summed E-state index contributed by atoms with van der Waals surface area (Å²) in [5.74, 6) is -0.955. The van der Waals surface area contributed by atoms with Crippen LogP contribution in [0.4, 0.5) is 4.39 Å². The fourth-order valence-corrected chi connectivity index (χ4v) is 1.71. The number of carbonyl (C=O) groups excluding carboxylic acids is 1. The number of hydrogen-bond acceptors (Lipinski definition) is 2. The molecule has 3 nitrogen and oxygen atoms in total. The summed E-state index contributed by atoms with van der Waals surface area (Å²) in [6.45, 7) is 0. The Morgan fingerprint density at radius 1 is 1.29 bits per heavy atom. The van der Waals surface area contributed by atoms with Gasteiger partial charge in [-0.3, -0.25) is 4.79 Å². The summed E-state index contributed by atoms with van der Waals surface area (Å²) in [6.07, 6.45) is 1.53. The van der Waals surface area contributed by atoms with Crippen molar-refractivity contribution in [3.63, 3.8) is 0 Å². The first-order valence-corrected chi connectivity index (χ1v) is 5.15. The molecule has 1 amide bonds. The van der Waals surface area contributed by atoms with Gasteiger partial charge in [-0.05, 0) is 22.8 Å². The molecule has 0 bridgehead atoms. The van der Waals surface area contributed by atoms with Crippen LogP contribution in [-0.4, -0.2) is 10.9 Å². The van der Waals surface area contributed by atoms with Crippen LogP contribution in [0.1, 0.15) is 5.56 Å². The van der Waals surface area contributed by atoms with Crippen molar-refractivity contribution in [1.29, 1.82) is 0 Å². The Labute approximate surface area is 98.1 Å². The fraction of sp³-hybridized carbons (Fsp3) is 0.0769. The molecule has 0 fully saturated rings. The van der Waals surface area contributed by atoms with E-state index in [0.717, 1.165) is 11.1 Å². The molecular formula is C13H11FN2O. The highest BCUT2D eigenvalue weighted by molar-refractivity contribution is 5.80. The number of carbonyl (C=O) groups is 1.